The Labute approximate surface area is 111 Å². The lowest BCUT2D eigenvalue weighted by Crippen LogP contribution is -2.43. The third-order valence-electron chi connectivity index (χ3n) is 4.00. The molecule has 0 aliphatic heterocycles. The maximum absolute atomic E-state index is 11.2. The number of hydrogen-bond acceptors (Lipinski definition) is 4. The number of aromatic amines is 1. The second-order valence-electron chi connectivity index (χ2n) is 5.67. The van der Waals surface area contributed by atoms with Gasteiger partial charge in [-0.2, -0.15) is 0 Å². The van der Waals surface area contributed by atoms with Crippen molar-refractivity contribution >= 4 is 11.1 Å². The normalized spacial score (nSPS) is 24.6. The van der Waals surface area contributed by atoms with Crippen LogP contribution in [0.2, 0.25) is 0 Å². The van der Waals surface area contributed by atoms with Gasteiger partial charge in [-0.1, -0.05) is 6.07 Å². The van der Waals surface area contributed by atoms with Gasteiger partial charge < -0.3 is 15.1 Å². The minimum absolute atomic E-state index is 0.336. The van der Waals surface area contributed by atoms with Crippen molar-refractivity contribution in [1.82, 2.24) is 9.88 Å². The van der Waals surface area contributed by atoms with Gasteiger partial charge in [0, 0.05) is 12.1 Å². The fourth-order valence-corrected chi connectivity index (χ4v) is 3.11. The van der Waals surface area contributed by atoms with E-state index in [9.17, 15) is 4.79 Å². The smallest absolute Gasteiger partial charge is 0.408 e. The van der Waals surface area contributed by atoms with Gasteiger partial charge in [-0.05, 0) is 50.6 Å². The van der Waals surface area contributed by atoms with Gasteiger partial charge in [0.25, 0.3) is 0 Å². The Morgan fingerprint density at radius 3 is 2.79 bits per heavy atom. The molecule has 3 N–H and O–H groups in total. The topological polar surface area (TPSA) is 75.3 Å². The molecule has 0 radical (unpaired) electrons. The summed E-state index contributed by atoms with van der Waals surface area (Å²) >= 11 is 0. The lowest BCUT2D eigenvalue weighted by molar-refractivity contribution is 0.123. The molecular weight excluding hydrogens is 242 g/mol. The second kappa shape index (κ2) is 4.51. The van der Waals surface area contributed by atoms with Crippen molar-refractivity contribution in [2.24, 2.45) is 11.7 Å². The molecule has 3 rings (SSSR count). The van der Waals surface area contributed by atoms with Gasteiger partial charge in [-0.25, -0.2) is 4.79 Å². The summed E-state index contributed by atoms with van der Waals surface area (Å²) in [5.41, 5.74) is 8.47. The molecule has 1 aliphatic carbocycles. The summed E-state index contributed by atoms with van der Waals surface area (Å²) in [6.45, 7) is 0. The Morgan fingerprint density at radius 2 is 2.16 bits per heavy atom. The van der Waals surface area contributed by atoms with Crippen LogP contribution in [-0.2, 0) is 0 Å². The number of nitrogens with one attached hydrogen (secondary N) is 1. The zero-order valence-corrected chi connectivity index (χ0v) is 11.2. The summed E-state index contributed by atoms with van der Waals surface area (Å²) in [5, 5.41) is 0. The summed E-state index contributed by atoms with van der Waals surface area (Å²) in [7, 11) is 4.16. The summed E-state index contributed by atoms with van der Waals surface area (Å²) in [5.74, 6) is 0.181. The number of hydrogen-bond donors (Lipinski definition) is 2. The van der Waals surface area contributed by atoms with Gasteiger partial charge in [-0.15, -0.1) is 0 Å². The molecule has 1 saturated carbocycles. The largest absolute Gasteiger partial charge is 0.417 e. The van der Waals surface area contributed by atoms with Gasteiger partial charge in [0.1, 0.15) is 0 Å². The number of oxazole rings is 1. The van der Waals surface area contributed by atoms with Crippen molar-refractivity contribution in [3.63, 3.8) is 0 Å². The van der Waals surface area contributed by atoms with Crippen LogP contribution in [0, 0.1) is 5.92 Å². The zero-order chi connectivity index (χ0) is 13.6. The van der Waals surface area contributed by atoms with Gasteiger partial charge in [0.2, 0.25) is 0 Å². The van der Waals surface area contributed by atoms with E-state index in [-0.39, 0.29) is 0 Å². The summed E-state index contributed by atoms with van der Waals surface area (Å²) in [6.07, 6.45) is 2.12. The Bertz CT molecular complexity index is 637. The van der Waals surface area contributed by atoms with Crippen LogP contribution in [0.15, 0.2) is 27.4 Å². The van der Waals surface area contributed by atoms with E-state index in [0.29, 0.717) is 23.6 Å². The molecule has 1 aromatic carbocycles. The SMILES string of the molecule is CN(C)C(c1ccc2oc(=O)[nH]c2c1)C1CC(N)C1. The van der Waals surface area contributed by atoms with Crippen LogP contribution in [0.5, 0.6) is 0 Å². The highest BCUT2D eigenvalue weighted by atomic mass is 16.4. The molecule has 1 unspecified atom stereocenters. The number of H-pyrrole nitrogens is 1. The molecule has 2 aromatic rings. The quantitative estimate of drug-likeness (QED) is 0.877. The van der Waals surface area contributed by atoms with Crippen LogP contribution in [0.3, 0.4) is 0 Å². The third kappa shape index (κ3) is 2.19. The van der Waals surface area contributed by atoms with E-state index in [4.69, 9.17) is 10.2 Å². The third-order valence-corrected chi connectivity index (χ3v) is 4.00. The first-order chi connectivity index (χ1) is 9.04. The molecule has 1 heterocycles. The Morgan fingerprint density at radius 1 is 1.42 bits per heavy atom. The van der Waals surface area contributed by atoms with Crippen molar-refractivity contribution in [2.75, 3.05) is 14.1 Å². The molecule has 1 aromatic heterocycles. The molecule has 5 heteroatoms. The fraction of sp³-hybridized carbons (Fsp3) is 0.500. The predicted octanol–water partition coefficient (Wildman–Crippen LogP) is 1.46. The second-order valence-corrected chi connectivity index (χ2v) is 5.67. The molecule has 5 nitrogen and oxygen atoms in total. The average molecular weight is 261 g/mol. The maximum Gasteiger partial charge on any atom is 0.417 e. The van der Waals surface area contributed by atoms with Crippen LogP contribution in [0.4, 0.5) is 0 Å². The first kappa shape index (κ1) is 12.4. The van der Waals surface area contributed by atoms with E-state index >= 15 is 0 Å². The lowest BCUT2D eigenvalue weighted by Gasteiger charge is -2.41. The Hall–Kier alpha value is -1.59. The first-order valence-electron chi connectivity index (χ1n) is 6.59. The molecule has 19 heavy (non-hydrogen) atoms. The summed E-state index contributed by atoms with van der Waals surface area (Å²) in [4.78, 5) is 16.1. The number of rotatable bonds is 3. The minimum Gasteiger partial charge on any atom is -0.408 e. The molecule has 1 aliphatic rings. The van der Waals surface area contributed by atoms with Crippen LogP contribution in [0.1, 0.15) is 24.4 Å². The van der Waals surface area contributed by atoms with E-state index in [0.717, 1.165) is 18.4 Å². The molecule has 1 fully saturated rings. The monoisotopic (exact) mass is 261 g/mol. The van der Waals surface area contributed by atoms with Crippen molar-refractivity contribution in [1.29, 1.82) is 0 Å². The van der Waals surface area contributed by atoms with Crippen LogP contribution < -0.4 is 11.5 Å². The van der Waals surface area contributed by atoms with Crippen molar-refractivity contribution in [2.45, 2.75) is 24.9 Å². The highest BCUT2D eigenvalue weighted by Gasteiger charge is 2.35. The van der Waals surface area contributed by atoms with E-state index in [1.807, 2.05) is 18.2 Å². The average Bonchev–Trinajstić information content (AvgIpc) is 2.66. The van der Waals surface area contributed by atoms with Crippen LogP contribution in [-0.4, -0.2) is 30.0 Å². The van der Waals surface area contributed by atoms with Crippen molar-refractivity contribution < 1.29 is 4.42 Å². The van der Waals surface area contributed by atoms with Gasteiger partial charge in [0.05, 0.1) is 5.52 Å². The Kier molecular flexibility index (Phi) is 2.95. The molecule has 1 atom stereocenters. The van der Waals surface area contributed by atoms with Crippen molar-refractivity contribution in [3.05, 3.63) is 34.3 Å². The molecule has 0 saturated heterocycles. The van der Waals surface area contributed by atoms with Gasteiger partial charge in [0.15, 0.2) is 5.58 Å². The highest BCUT2D eigenvalue weighted by molar-refractivity contribution is 5.73. The summed E-state index contributed by atoms with van der Waals surface area (Å²) < 4.78 is 5.04. The molecule has 102 valence electrons. The first-order valence-corrected chi connectivity index (χ1v) is 6.59. The van der Waals surface area contributed by atoms with E-state index < -0.39 is 5.76 Å². The van der Waals surface area contributed by atoms with Crippen LogP contribution >= 0.6 is 0 Å². The standard InChI is InChI=1S/C14H19N3O2/c1-17(2)13(9-5-10(15)6-9)8-3-4-12-11(7-8)16-14(18)19-12/h3-4,7,9-10,13H,5-6,15H2,1-2H3,(H,16,18). The zero-order valence-electron chi connectivity index (χ0n) is 11.2. The molecule has 0 amide bonds. The van der Waals surface area contributed by atoms with Gasteiger partial charge in [-0.3, -0.25) is 4.98 Å². The van der Waals surface area contributed by atoms with E-state index in [2.05, 4.69) is 24.0 Å². The summed E-state index contributed by atoms with van der Waals surface area (Å²) in [6, 6.07) is 6.58. The molecule has 0 bridgehead atoms. The van der Waals surface area contributed by atoms with E-state index in [1.54, 1.807) is 0 Å². The maximum atomic E-state index is 11.2. The number of fused-ring (bicyclic) bond motifs is 1. The molecular formula is C14H19N3O2. The fourth-order valence-electron chi connectivity index (χ4n) is 3.11. The minimum atomic E-state index is -0.404. The van der Waals surface area contributed by atoms with Crippen LogP contribution in [0.25, 0.3) is 11.1 Å². The Balaban J connectivity index is 1.97. The number of aromatic nitrogens is 1. The number of benzene rings is 1. The lowest BCUT2D eigenvalue weighted by atomic mass is 9.73. The van der Waals surface area contributed by atoms with Gasteiger partial charge >= 0.3 is 5.76 Å². The van der Waals surface area contributed by atoms with Crippen molar-refractivity contribution in [3.8, 4) is 0 Å². The highest BCUT2D eigenvalue weighted by Crippen LogP contribution is 2.40. The van der Waals surface area contributed by atoms with E-state index in [1.165, 1.54) is 5.56 Å². The number of nitrogens with zero attached hydrogens (tertiary/aromatic N) is 1. The molecule has 0 spiro atoms. The number of nitrogens with two attached hydrogens (primary N) is 1. The predicted molar refractivity (Wildman–Crippen MR) is 74.0 cm³/mol.